The van der Waals surface area contributed by atoms with Crippen LogP contribution in [0.25, 0.3) is 22.6 Å². The first-order chi connectivity index (χ1) is 10.2. The molecule has 0 unspecified atom stereocenters. The van der Waals surface area contributed by atoms with Crippen molar-refractivity contribution in [3.63, 3.8) is 0 Å². The second-order valence-corrected chi connectivity index (χ2v) is 5.54. The van der Waals surface area contributed by atoms with Crippen LogP contribution in [0.2, 0.25) is 5.02 Å². The lowest BCUT2D eigenvalue weighted by Crippen LogP contribution is -2.10. The van der Waals surface area contributed by atoms with E-state index in [0.717, 1.165) is 35.2 Å². The number of aryl methyl sites for hydroxylation is 1. The van der Waals surface area contributed by atoms with Crippen LogP contribution >= 0.6 is 11.6 Å². The lowest BCUT2D eigenvalue weighted by atomic mass is 10.0. The van der Waals surface area contributed by atoms with Crippen molar-refractivity contribution in [1.82, 2.24) is 10.3 Å². The van der Waals surface area contributed by atoms with Crippen LogP contribution in [-0.2, 0) is 6.42 Å². The largest absolute Gasteiger partial charge is 0.436 e. The van der Waals surface area contributed by atoms with Gasteiger partial charge < -0.3 is 9.73 Å². The SMILES string of the molecule is CNCCc1ccccc1-c1nc2cc(Cl)cc(C)c2o1. The van der Waals surface area contributed by atoms with Crippen molar-refractivity contribution >= 4 is 22.7 Å². The van der Waals surface area contributed by atoms with Gasteiger partial charge in [0.15, 0.2) is 5.58 Å². The van der Waals surface area contributed by atoms with Crippen LogP contribution in [0.5, 0.6) is 0 Å². The summed E-state index contributed by atoms with van der Waals surface area (Å²) in [6.45, 7) is 2.90. The summed E-state index contributed by atoms with van der Waals surface area (Å²) in [5, 5.41) is 3.85. The highest BCUT2D eigenvalue weighted by molar-refractivity contribution is 6.31. The Kier molecular flexibility index (Phi) is 3.95. The molecule has 3 aromatic rings. The third kappa shape index (κ3) is 2.80. The molecule has 0 saturated carbocycles. The zero-order valence-corrected chi connectivity index (χ0v) is 12.9. The highest BCUT2D eigenvalue weighted by atomic mass is 35.5. The van der Waals surface area contributed by atoms with Gasteiger partial charge in [0.25, 0.3) is 0 Å². The molecule has 0 aliphatic carbocycles. The Morgan fingerprint density at radius 3 is 2.86 bits per heavy atom. The normalized spacial score (nSPS) is 11.2. The highest BCUT2D eigenvalue weighted by Crippen LogP contribution is 2.30. The van der Waals surface area contributed by atoms with Crippen LogP contribution < -0.4 is 5.32 Å². The molecule has 0 radical (unpaired) electrons. The molecule has 0 spiro atoms. The Labute approximate surface area is 128 Å². The predicted molar refractivity (Wildman–Crippen MR) is 86.8 cm³/mol. The number of likely N-dealkylation sites (N-methyl/N-ethyl adjacent to an activating group) is 1. The monoisotopic (exact) mass is 300 g/mol. The molecule has 1 aromatic heterocycles. The lowest BCUT2D eigenvalue weighted by molar-refractivity contribution is 0.616. The highest BCUT2D eigenvalue weighted by Gasteiger charge is 2.13. The van der Waals surface area contributed by atoms with Gasteiger partial charge >= 0.3 is 0 Å². The summed E-state index contributed by atoms with van der Waals surface area (Å²) < 4.78 is 5.97. The zero-order chi connectivity index (χ0) is 14.8. The Bertz CT molecular complexity index is 780. The standard InChI is InChI=1S/C17H17ClN2O/c1-11-9-13(18)10-15-16(11)21-17(20-15)14-6-4-3-5-12(14)7-8-19-2/h3-6,9-10,19H,7-8H2,1-2H3. The lowest BCUT2D eigenvalue weighted by Gasteiger charge is -2.05. The van der Waals surface area contributed by atoms with Crippen LogP contribution in [0.15, 0.2) is 40.8 Å². The molecule has 0 saturated heterocycles. The van der Waals surface area contributed by atoms with Crippen LogP contribution in [0.4, 0.5) is 0 Å². The quantitative estimate of drug-likeness (QED) is 0.784. The summed E-state index contributed by atoms with van der Waals surface area (Å²) in [5.74, 6) is 0.655. The fraction of sp³-hybridized carbons (Fsp3) is 0.235. The number of halogens is 1. The average Bonchev–Trinajstić information content (AvgIpc) is 2.89. The summed E-state index contributed by atoms with van der Waals surface area (Å²) in [7, 11) is 1.95. The van der Waals surface area contributed by atoms with E-state index < -0.39 is 0 Å². The number of rotatable bonds is 4. The van der Waals surface area contributed by atoms with Crippen LogP contribution in [0.3, 0.4) is 0 Å². The van der Waals surface area contributed by atoms with Crippen molar-refractivity contribution in [2.24, 2.45) is 0 Å². The molecule has 3 nitrogen and oxygen atoms in total. The van der Waals surface area contributed by atoms with Gasteiger partial charge in [0.05, 0.1) is 0 Å². The zero-order valence-electron chi connectivity index (χ0n) is 12.1. The first-order valence-corrected chi connectivity index (χ1v) is 7.36. The third-order valence-electron chi connectivity index (χ3n) is 3.53. The molecule has 1 N–H and O–H groups in total. The van der Waals surface area contributed by atoms with Crippen LogP contribution in [-0.4, -0.2) is 18.6 Å². The van der Waals surface area contributed by atoms with E-state index in [-0.39, 0.29) is 0 Å². The van der Waals surface area contributed by atoms with Gasteiger partial charge in [-0.3, -0.25) is 0 Å². The summed E-state index contributed by atoms with van der Waals surface area (Å²) in [4.78, 5) is 4.60. The third-order valence-corrected chi connectivity index (χ3v) is 3.75. The fourth-order valence-corrected chi connectivity index (χ4v) is 2.75. The van der Waals surface area contributed by atoms with Gasteiger partial charge in [-0.1, -0.05) is 29.8 Å². The maximum atomic E-state index is 6.09. The Hall–Kier alpha value is -1.84. The molecular formula is C17H17ClN2O. The molecule has 3 rings (SSSR count). The van der Waals surface area contributed by atoms with Crippen LogP contribution in [0, 0.1) is 6.92 Å². The number of aromatic nitrogens is 1. The van der Waals surface area contributed by atoms with E-state index >= 15 is 0 Å². The molecule has 0 amide bonds. The molecular weight excluding hydrogens is 284 g/mol. The summed E-state index contributed by atoms with van der Waals surface area (Å²) in [5.41, 5.74) is 4.88. The molecule has 0 bridgehead atoms. The molecule has 0 aliphatic heterocycles. The predicted octanol–water partition coefficient (Wildman–Crippen LogP) is 4.22. The van der Waals surface area contributed by atoms with Crippen molar-refractivity contribution in [2.45, 2.75) is 13.3 Å². The van der Waals surface area contributed by atoms with E-state index in [1.807, 2.05) is 44.3 Å². The topological polar surface area (TPSA) is 38.1 Å². The van der Waals surface area contributed by atoms with Gasteiger partial charge in [-0.25, -0.2) is 4.98 Å². The molecule has 4 heteroatoms. The van der Waals surface area contributed by atoms with E-state index in [1.54, 1.807) is 0 Å². The smallest absolute Gasteiger partial charge is 0.227 e. The van der Waals surface area contributed by atoms with Gasteiger partial charge in [-0.2, -0.15) is 0 Å². The second kappa shape index (κ2) is 5.88. The maximum Gasteiger partial charge on any atom is 0.227 e. The first-order valence-electron chi connectivity index (χ1n) is 6.98. The Morgan fingerprint density at radius 2 is 2.05 bits per heavy atom. The fourth-order valence-electron chi connectivity index (χ4n) is 2.48. The van der Waals surface area contributed by atoms with E-state index in [9.17, 15) is 0 Å². The number of oxazole rings is 1. The van der Waals surface area contributed by atoms with Gasteiger partial charge in [0, 0.05) is 10.6 Å². The van der Waals surface area contributed by atoms with E-state index in [1.165, 1.54) is 5.56 Å². The van der Waals surface area contributed by atoms with Crippen molar-refractivity contribution in [2.75, 3.05) is 13.6 Å². The summed E-state index contributed by atoms with van der Waals surface area (Å²) in [6, 6.07) is 11.9. The molecule has 0 atom stereocenters. The van der Waals surface area contributed by atoms with Gasteiger partial charge in [-0.05, 0) is 56.3 Å². The molecule has 0 aliphatic rings. The number of benzene rings is 2. The average molecular weight is 301 g/mol. The van der Waals surface area contributed by atoms with Crippen molar-refractivity contribution in [3.8, 4) is 11.5 Å². The molecule has 2 aromatic carbocycles. The molecule has 1 heterocycles. The Balaban J connectivity index is 2.10. The number of nitrogens with one attached hydrogen (secondary N) is 1. The minimum absolute atomic E-state index is 0.655. The minimum atomic E-state index is 0.655. The first kappa shape index (κ1) is 14.1. The number of nitrogens with zero attached hydrogens (tertiary/aromatic N) is 1. The Morgan fingerprint density at radius 1 is 1.24 bits per heavy atom. The van der Waals surface area contributed by atoms with Crippen LogP contribution in [0.1, 0.15) is 11.1 Å². The van der Waals surface area contributed by atoms with Crippen molar-refractivity contribution in [3.05, 3.63) is 52.5 Å². The van der Waals surface area contributed by atoms with Gasteiger partial charge in [0.1, 0.15) is 5.52 Å². The number of hydrogen-bond donors (Lipinski definition) is 1. The number of hydrogen-bond acceptors (Lipinski definition) is 3. The summed E-state index contributed by atoms with van der Waals surface area (Å²) >= 11 is 6.09. The second-order valence-electron chi connectivity index (χ2n) is 5.10. The van der Waals surface area contributed by atoms with Crippen molar-refractivity contribution < 1.29 is 4.42 Å². The molecule has 21 heavy (non-hydrogen) atoms. The molecule has 0 fully saturated rings. The van der Waals surface area contributed by atoms with Gasteiger partial charge in [0.2, 0.25) is 5.89 Å². The maximum absolute atomic E-state index is 6.09. The number of fused-ring (bicyclic) bond motifs is 1. The van der Waals surface area contributed by atoms with Crippen molar-refractivity contribution in [1.29, 1.82) is 0 Å². The van der Waals surface area contributed by atoms with Gasteiger partial charge in [-0.15, -0.1) is 0 Å². The minimum Gasteiger partial charge on any atom is -0.436 e. The van der Waals surface area contributed by atoms with E-state index in [0.29, 0.717) is 10.9 Å². The van der Waals surface area contributed by atoms with E-state index in [2.05, 4.69) is 16.4 Å². The molecule has 108 valence electrons. The van der Waals surface area contributed by atoms with E-state index in [4.69, 9.17) is 16.0 Å². The summed E-state index contributed by atoms with van der Waals surface area (Å²) in [6.07, 6.45) is 0.936.